The molecule has 0 aliphatic heterocycles. The van der Waals surface area contributed by atoms with Crippen LogP contribution in [0.2, 0.25) is 0 Å². The van der Waals surface area contributed by atoms with E-state index >= 15 is 0 Å². The van der Waals surface area contributed by atoms with Crippen molar-refractivity contribution in [2.24, 2.45) is 0 Å². The lowest BCUT2D eigenvalue weighted by Gasteiger charge is -2.20. The number of ether oxygens (including phenoxy) is 1. The van der Waals surface area contributed by atoms with Crippen LogP contribution < -0.4 is 10.1 Å². The largest absolute Gasteiger partial charge is 0.490 e. The lowest BCUT2D eigenvalue weighted by atomic mass is 10.1. The van der Waals surface area contributed by atoms with Crippen molar-refractivity contribution in [2.75, 3.05) is 12.8 Å². The number of nitrogens with one attached hydrogen (secondary N) is 1. The van der Waals surface area contributed by atoms with Gasteiger partial charge in [-0.15, -0.1) is 0 Å². The molecule has 0 heterocycles. The number of carbonyl (C=O) groups excluding carboxylic acids is 1. The normalized spacial score (nSPS) is 12.5. The fraction of sp³-hybridized carbons (Fsp3) is 0.633. The highest BCUT2D eigenvalue weighted by molar-refractivity contribution is 7.51. The van der Waals surface area contributed by atoms with Gasteiger partial charge >= 0.3 is 7.60 Å². The first-order chi connectivity index (χ1) is 17.8. The van der Waals surface area contributed by atoms with E-state index in [2.05, 4.69) is 31.0 Å². The number of carbonyl (C=O) groups is 1. The molecule has 1 atom stereocenters. The molecular weight excluding hydrogens is 485 g/mol. The van der Waals surface area contributed by atoms with E-state index in [1.807, 2.05) is 12.1 Å². The number of allylic oxidation sites excluding steroid dienone is 2. The van der Waals surface area contributed by atoms with Gasteiger partial charge in [-0.25, -0.2) is 0 Å². The summed E-state index contributed by atoms with van der Waals surface area (Å²) in [5, 5.41) is 2.84. The van der Waals surface area contributed by atoms with E-state index in [1.54, 1.807) is 18.2 Å². The quantitative estimate of drug-likeness (QED) is 0.0766. The summed E-state index contributed by atoms with van der Waals surface area (Å²) >= 11 is 0. The number of benzene rings is 1. The molecule has 0 fully saturated rings. The van der Waals surface area contributed by atoms with Crippen LogP contribution >= 0.6 is 7.60 Å². The van der Waals surface area contributed by atoms with Gasteiger partial charge in [-0.2, -0.15) is 0 Å². The lowest BCUT2D eigenvalue weighted by Crippen LogP contribution is -2.39. The molecule has 1 rings (SSSR count). The molecule has 6 nitrogen and oxygen atoms in total. The molecule has 37 heavy (non-hydrogen) atoms. The summed E-state index contributed by atoms with van der Waals surface area (Å²) in [5.74, 6) is 0.547. The summed E-state index contributed by atoms with van der Waals surface area (Å²) in [6.45, 7) is 6.27. The van der Waals surface area contributed by atoms with Gasteiger partial charge in [0.1, 0.15) is 12.4 Å². The van der Waals surface area contributed by atoms with Gasteiger partial charge in [-0.3, -0.25) is 9.36 Å². The topological polar surface area (TPSA) is 95.9 Å². The summed E-state index contributed by atoms with van der Waals surface area (Å²) in [4.78, 5) is 31.4. The van der Waals surface area contributed by atoms with Crippen LogP contribution in [-0.2, 0) is 15.8 Å². The smallest absolute Gasteiger partial charge is 0.327 e. The molecular formula is C30H50NO5P. The van der Waals surface area contributed by atoms with Gasteiger partial charge in [0.05, 0.1) is 6.16 Å². The zero-order valence-electron chi connectivity index (χ0n) is 22.9. The average Bonchev–Trinajstić information content (AvgIpc) is 2.85. The second-order valence-corrected chi connectivity index (χ2v) is 11.6. The Morgan fingerprint density at radius 3 is 2.08 bits per heavy atom. The zero-order chi connectivity index (χ0) is 27.2. The second kappa shape index (κ2) is 21.1. The maximum absolute atomic E-state index is 12.4. The minimum Gasteiger partial charge on any atom is -0.490 e. The summed E-state index contributed by atoms with van der Waals surface area (Å²) in [7, 11) is -4.26. The maximum atomic E-state index is 12.4. The highest BCUT2D eigenvalue weighted by Gasteiger charge is 2.23. The van der Waals surface area contributed by atoms with E-state index in [9.17, 15) is 19.1 Å². The third-order valence-electron chi connectivity index (χ3n) is 6.26. The van der Waals surface area contributed by atoms with Crippen LogP contribution in [0.3, 0.4) is 0 Å². The Morgan fingerprint density at radius 1 is 0.946 bits per heavy atom. The fourth-order valence-electron chi connectivity index (χ4n) is 4.27. The molecule has 0 spiro atoms. The molecule has 7 heteroatoms. The van der Waals surface area contributed by atoms with Crippen molar-refractivity contribution < 1.29 is 23.9 Å². The molecule has 3 N–H and O–H groups in total. The molecule has 0 aliphatic carbocycles. The first-order valence-electron chi connectivity index (χ1n) is 14.2. The van der Waals surface area contributed by atoms with E-state index < -0.39 is 13.6 Å². The number of amides is 1. The van der Waals surface area contributed by atoms with Gasteiger partial charge in [-0.05, 0) is 56.2 Å². The number of rotatable bonds is 23. The van der Waals surface area contributed by atoms with Gasteiger partial charge in [0.2, 0.25) is 5.91 Å². The molecule has 1 aromatic rings. The van der Waals surface area contributed by atoms with Crippen molar-refractivity contribution in [3.05, 3.63) is 54.6 Å². The monoisotopic (exact) mass is 535 g/mol. The van der Waals surface area contributed by atoms with Gasteiger partial charge in [-0.1, -0.05) is 95.2 Å². The predicted octanol–water partition coefficient (Wildman–Crippen LogP) is 7.49. The molecule has 0 aliphatic rings. The SMILES string of the molecule is C=CCOc1ccc(C[C@@H](CP(=O)(O)O)NC(=O)CCCCCCC/C=C\CCCCCCCC)cc1. The fourth-order valence-corrected chi connectivity index (χ4v) is 5.06. The molecule has 0 saturated carbocycles. The van der Waals surface area contributed by atoms with Gasteiger partial charge in [0.15, 0.2) is 0 Å². The first-order valence-corrected chi connectivity index (χ1v) is 16.0. The standard InChI is InChI=1S/C30H50NO5P/c1-3-5-6-7-8-9-10-11-12-13-14-15-16-17-18-19-30(32)31-28(26-37(33,34)35)25-27-20-22-29(23-21-27)36-24-4-2/h4,11-12,20-23,28H,2-3,5-10,13-19,24-26H2,1H3,(H,31,32)(H2,33,34,35)/b12-11-/t28-/m0/s1. The van der Waals surface area contributed by atoms with Gasteiger partial charge in [0.25, 0.3) is 0 Å². The molecule has 1 amide bonds. The Bertz CT molecular complexity index is 803. The number of unbranched alkanes of at least 4 members (excludes halogenated alkanes) is 11. The van der Waals surface area contributed by atoms with Crippen LogP contribution in [0.15, 0.2) is 49.1 Å². The molecule has 0 radical (unpaired) electrons. The van der Waals surface area contributed by atoms with E-state index in [0.717, 1.165) is 37.7 Å². The number of hydrogen-bond donors (Lipinski definition) is 3. The average molecular weight is 536 g/mol. The highest BCUT2D eigenvalue weighted by atomic mass is 31.2. The predicted molar refractivity (Wildman–Crippen MR) is 154 cm³/mol. The van der Waals surface area contributed by atoms with E-state index in [4.69, 9.17) is 4.74 Å². The van der Waals surface area contributed by atoms with Crippen molar-refractivity contribution in [2.45, 2.75) is 109 Å². The minimum absolute atomic E-state index is 0.151. The van der Waals surface area contributed by atoms with Crippen LogP contribution in [0.4, 0.5) is 0 Å². The Morgan fingerprint density at radius 2 is 1.51 bits per heavy atom. The van der Waals surface area contributed by atoms with Crippen molar-refractivity contribution >= 4 is 13.5 Å². The maximum Gasteiger partial charge on any atom is 0.327 e. The van der Waals surface area contributed by atoms with Crippen molar-refractivity contribution in [1.29, 1.82) is 0 Å². The molecule has 0 unspecified atom stereocenters. The van der Waals surface area contributed by atoms with Crippen LogP contribution in [0.1, 0.15) is 102 Å². The van der Waals surface area contributed by atoms with Gasteiger partial charge in [0, 0.05) is 12.5 Å². The third-order valence-corrected chi connectivity index (χ3v) is 7.18. The molecule has 0 aromatic heterocycles. The summed E-state index contributed by atoms with van der Waals surface area (Å²) in [6, 6.07) is 6.69. The minimum atomic E-state index is -4.26. The molecule has 210 valence electrons. The van der Waals surface area contributed by atoms with Crippen LogP contribution in [0.5, 0.6) is 5.75 Å². The highest BCUT2D eigenvalue weighted by Crippen LogP contribution is 2.35. The summed E-state index contributed by atoms with van der Waals surface area (Å²) in [6.07, 6.45) is 22.2. The second-order valence-electron chi connectivity index (χ2n) is 9.89. The molecule has 1 aromatic carbocycles. The Labute approximate surface area is 225 Å². The molecule has 0 saturated heterocycles. The van der Waals surface area contributed by atoms with Crippen molar-refractivity contribution in [3.63, 3.8) is 0 Å². The zero-order valence-corrected chi connectivity index (χ0v) is 23.8. The molecule has 0 bridgehead atoms. The van der Waals surface area contributed by atoms with E-state index in [-0.39, 0.29) is 12.1 Å². The van der Waals surface area contributed by atoms with Crippen molar-refractivity contribution in [3.8, 4) is 5.75 Å². The first kappa shape index (κ1) is 33.1. The van der Waals surface area contributed by atoms with Crippen LogP contribution in [-0.4, -0.2) is 34.5 Å². The Hall–Kier alpha value is -1.88. The van der Waals surface area contributed by atoms with Crippen LogP contribution in [0, 0.1) is 0 Å². The Balaban J connectivity index is 2.21. The van der Waals surface area contributed by atoms with Crippen LogP contribution in [0.25, 0.3) is 0 Å². The third kappa shape index (κ3) is 19.8. The lowest BCUT2D eigenvalue weighted by molar-refractivity contribution is -0.121. The van der Waals surface area contributed by atoms with Crippen molar-refractivity contribution in [1.82, 2.24) is 5.32 Å². The van der Waals surface area contributed by atoms with E-state index in [1.165, 1.54) is 51.4 Å². The summed E-state index contributed by atoms with van der Waals surface area (Å²) < 4.78 is 17.1. The van der Waals surface area contributed by atoms with Gasteiger partial charge < -0.3 is 19.8 Å². The number of hydrogen-bond acceptors (Lipinski definition) is 3. The summed E-state index contributed by atoms with van der Waals surface area (Å²) in [5.41, 5.74) is 0.880. The Kier molecular flexibility index (Phi) is 18.9. The van der Waals surface area contributed by atoms with E-state index in [0.29, 0.717) is 25.2 Å².